The number of rotatable bonds is 1. The van der Waals surface area contributed by atoms with Gasteiger partial charge in [0.25, 0.3) is 0 Å². The molecule has 0 bridgehead atoms. The lowest BCUT2D eigenvalue weighted by Gasteiger charge is -2.07. The van der Waals surface area contributed by atoms with Crippen LogP contribution in [0, 0.1) is 0 Å². The van der Waals surface area contributed by atoms with Gasteiger partial charge in [-0.2, -0.15) is 0 Å². The van der Waals surface area contributed by atoms with E-state index in [-0.39, 0.29) is 0 Å². The molecule has 0 aliphatic carbocycles. The smallest absolute Gasteiger partial charge is 0.178 e. The van der Waals surface area contributed by atoms with Crippen LogP contribution in [-0.4, -0.2) is 4.57 Å². The summed E-state index contributed by atoms with van der Waals surface area (Å²) in [6.07, 6.45) is 0. The Morgan fingerprint density at radius 2 is 1.06 bits per heavy atom. The van der Waals surface area contributed by atoms with Gasteiger partial charge in [0.05, 0.1) is 11.0 Å². The van der Waals surface area contributed by atoms with Crippen LogP contribution in [0.3, 0.4) is 0 Å². The quantitative estimate of drug-likeness (QED) is 0.224. The fraction of sp³-hybridized carbons (Fsp3) is 0. The minimum absolute atomic E-state index is 0.791. The van der Waals surface area contributed by atoms with Crippen molar-refractivity contribution < 1.29 is 8.83 Å². The van der Waals surface area contributed by atoms with E-state index in [1.807, 2.05) is 12.1 Å². The van der Waals surface area contributed by atoms with E-state index >= 15 is 0 Å². The van der Waals surface area contributed by atoms with Crippen LogP contribution in [0.2, 0.25) is 0 Å². The fourth-order valence-corrected chi connectivity index (χ4v) is 5.73. The fourth-order valence-electron chi connectivity index (χ4n) is 5.37. The highest BCUT2D eigenvalue weighted by molar-refractivity contribution is 9.10. The first-order valence-corrected chi connectivity index (χ1v) is 12.0. The van der Waals surface area contributed by atoms with Crippen molar-refractivity contribution in [3.8, 4) is 5.69 Å². The van der Waals surface area contributed by atoms with Gasteiger partial charge in [-0.1, -0.05) is 52.3 Å². The van der Waals surface area contributed by atoms with E-state index in [0.29, 0.717) is 0 Å². The van der Waals surface area contributed by atoms with Gasteiger partial charge < -0.3 is 13.4 Å². The Morgan fingerprint density at radius 1 is 0.500 bits per heavy atom. The second-order valence-electron chi connectivity index (χ2n) is 8.71. The van der Waals surface area contributed by atoms with E-state index < -0.39 is 0 Å². The number of hydrogen-bond donors (Lipinski definition) is 0. The van der Waals surface area contributed by atoms with Crippen LogP contribution in [0.25, 0.3) is 71.4 Å². The van der Waals surface area contributed by atoms with Gasteiger partial charge >= 0.3 is 0 Å². The summed E-state index contributed by atoms with van der Waals surface area (Å²) < 4.78 is 16.0. The second kappa shape index (κ2) is 6.52. The number of aromatic nitrogens is 1. The summed E-state index contributed by atoms with van der Waals surface area (Å²) >= 11 is 3.57. The van der Waals surface area contributed by atoms with Gasteiger partial charge in [-0.05, 0) is 60.7 Å². The standard InChI is InChI=1S/C30H16BrNO2/c31-17-9-13-27-23(15-17)21-11-12-22-24-16-18(10-14-28(24)34-30(22)29(21)33-27)32-25-7-3-1-5-19(25)20-6-2-4-8-26(20)32/h1-16H. The molecule has 3 aromatic heterocycles. The van der Waals surface area contributed by atoms with E-state index in [0.717, 1.165) is 54.0 Å². The highest BCUT2D eigenvalue weighted by Gasteiger charge is 2.18. The number of fused-ring (bicyclic) bond motifs is 10. The normalized spacial score (nSPS) is 12.3. The molecule has 0 radical (unpaired) electrons. The largest absolute Gasteiger partial charge is 0.452 e. The molecule has 0 unspecified atom stereocenters. The van der Waals surface area contributed by atoms with Crippen LogP contribution in [0.15, 0.2) is 110 Å². The number of para-hydroxylation sites is 2. The van der Waals surface area contributed by atoms with Gasteiger partial charge in [-0.25, -0.2) is 0 Å². The third kappa shape index (κ3) is 2.36. The average molecular weight is 502 g/mol. The van der Waals surface area contributed by atoms with Crippen molar-refractivity contribution in [2.75, 3.05) is 0 Å². The van der Waals surface area contributed by atoms with Crippen LogP contribution in [0.4, 0.5) is 0 Å². The SMILES string of the molecule is Brc1ccc2oc3c(ccc4c5cc(-n6c7ccccc7c7ccccc76)ccc5oc43)c2c1. The lowest BCUT2D eigenvalue weighted by molar-refractivity contribution is 0.633. The lowest BCUT2D eigenvalue weighted by Crippen LogP contribution is -1.93. The van der Waals surface area contributed by atoms with Crippen LogP contribution in [0.1, 0.15) is 0 Å². The van der Waals surface area contributed by atoms with Crippen molar-refractivity contribution in [2.24, 2.45) is 0 Å². The van der Waals surface area contributed by atoms with Crippen molar-refractivity contribution in [3.05, 3.63) is 102 Å². The highest BCUT2D eigenvalue weighted by Crippen LogP contribution is 2.40. The van der Waals surface area contributed by atoms with Gasteiger partial charge in [0.2, 0.25) is 0 Å². The number of furan rings is 2. The zero-order valence-corrected chi connectivity index (χ0v) is 19.5. The van der Waals surface area contributed by atoms with Gasteiger partial charge in [0.15, 0.2) is 11.2 Å². The van der Waals surface area contributed by atoms with Crippen molar-refractivity contribution in [2.45, 2.75) is 0 Å². The zero-order valence-electron chi connectivity index (χ0n) is 17.9. The number of halogens is 1. The Balaban J connectivity index is 1.45. The first-order valence-electron chi connectivity index (χ1n) is 11.2. The van der Waals surface area contributed by atoms with E-state index in [2.05, 4.69) is 105 Å². The maximum absolute atomic E-state index is 6.36. The van der Waals surface area contributed by atoms with E-state index in [1.165, 1.54) is 21.8 Å². The van der Waals surface area contributed by atoms with E-state index in [4.69, 9.17) is 8.83 Å². The molecule has 0 aliphatic rings. The lowest BCUT2D eigenvalue weighted by atomic mass is 10.1. The van der Waals surface area contributed by atoms with E-state index in [1.54, 1.807) is 0 Å². The Kier molecular flexibility index (Phi) is 3.53. The molecule has 5 aromatic carbocycles. The van der Waals surface area contributed by atoms with Gasteiger partial charge in [0, 0.05) is 42.5 Å². The number of benzene rings is 5. The summed E-state index contributed by atoms with van der Waals surface area (Å²) in [6.45, 7) is 0. The molecule has 0 atom stereocenters. The topological polar surface area (TPSA) is 31.2 Å². The molecule has 0 spiro atoms. The van der Waals surface area contributed by atoms with E-state index in [9.17, 15) is 0 Å². The zero-order chi connectivity index (χ0) is 22.4. The number of hydrogen-bond acceptors (Lipinski definition) is 2. The molecular weight excluding hydrogens is 486 g/mol. The predicted octanol–water partition coefficient (Wildman–Crippen LogP) is 9.34. The minimum Gasteiger partial charge on any atom is -0.452 e. The monoisotopic (exact) mass is 501 g/mol. The molecular formula is C30H16BrNO2. The summed E-state index contributed by atoms with van der Waals surface area (Å²) in [6, 6.07) is 33.9. The molecule has 8 rings (SSSR count). The van der Waals surface area contributed by atoms with Crippen molar-refractivity contribution in [1.29, 1.82) is 0 Å². The average Bonchev–Trinajstić information content (AvgIpc) is 3.53. The molecule has 0 amide bonds. The molecule has 34 heavy (non-hydrogen) atoms. The number of nitrogens with zero attached hydrogens (tertiary/aromatic N) is 1. The molecule has 160 valence electrons. The van der Waals surface area contributed by atoms with Crippen molar-refractivity contribution >= 4 is 81.6 Å². The van der Waals surface area contributed by atoms with Crippen LogP contribution >= 0.6 is 15.9 Å². The summed E-state index contributed by atoms with van der Waals surface area (Å²) in [4.78, 5) is 0. The van der Waals surface area contributed by atoms with Crippen molar-refractivity contribution in [3.63, 3.8) is 0 Å². The van der Waals surface area contributed by atoms with Crippen LogP contribution < -0.4 is 0 Å². The molecule has 0 aliphatic heterocycles. The van der Waals surface area contributed by atoms with Crippen molar-refractivity contribution in [1.82, 2.24) is 4.57 Å². The summed E-state index contributed by atoms with van der Waals surface area (Å²) in [7, 11) is 0. The maximum Gasteiger partial charge on any atom is 0.178 e. The van der Waals surface area contributed by atoms with Crippen LogP contribution in [-0.2, 0) is 0 Å². The first kappa shape index (κ1) is 18.4. The molecule has 0 fully saturated rings. The molecule has 0 saturated carbocycles. The minimum atomic E-state index is 0.791. The van der Waals surface area contributed by atoms with Crippen LogP contribution in [0.5, 0.6) is 0 Å². The highest BCUT2D eigenvalue weighted by atomic mass is 79.9. The maximum atomic E-state index is 6.36. The summed E-state index contributed by atoms with van der Waals surface area (Å²) in [5.41, 5.74) is 6.80. The second-order valence-corrected chi connectivity index (χ2v) is 9.63. The molecule has 3 heterocycles. The molecule has 0 saturated heterocycles. The molecule has 8 aromatic rings. The van der Waals surface area contributed by atoms with Gasteiger partial charge in [-0.15, -0.1) is 0 Å². The molecule has 0 N–H and O–H groups in total. The summed E-state index contributed by atoms with van der Waals surface area (Å²) in [5, 5.41) is 6.79. The van der Waals surface area contributed by atoms with Gasteiger partial charge in [-0.3, -0.25) is 0 Å². The summed E-state index contributed by atoms with van der Waals surface area (Å²) in [5.74, 6) is 0. The Hall–Kier alpha value is -4.02. The predicted molar refractivity (Wildman–Crippen MR) is 143 cm³/mol. The molecule has 3 nitrogen and oxygen atoms in total. The van der Waals surface area contributed by atoms with Gasteiger partial charge in [0.1, 0.15) is 11.2 Å². The third-order valence-electron chi connectivity index (χ3n) is 6.86. The Morgan fingerprint density at radius 3 is 1.71 bits per heavy atom. The Labute approximate surface area is 201 Å². The Bertz CT molecular complexity index is 2040. The first-order chi connectivity index (χ1) is 16.8. The third-order valence-corrected chi connectivity index (χ3v) is 7.35. The molecule has 4 heteroatoms.